The molecule has 0 aromatic rings. The van der Waals surface area contributed by atoms with E-state index in [4.69, 9.17) is 18.9 Å². The Morgan fingerprint density at radius 1 is 1.23 bits per heavy atom. The molecule has 0 N–H and O–H groups in total. The molecule has 1 fully saturated rings. The molecule has 1 aliphatic heterocycles. The Morgan fingerprint density at radius 3 is 2.69 bits per heavy atom. The van der Waals surface area contributed by atoms with E-state index in [9.17, 15) is 4.79 Å². The van der Waals surface area contributed by atoms with Crippen LogP contribution in [0.15, 0.2) is 0 Å². The van der Waals surface area contributed by atoms with Crippen molar-refractivity contribution in [3.63, 3.8) is 0 Å². The lowest BCUT2D eigenvalue weighted by Gasteiger charge is -2.15. The molecule has 1 rings (SSSR count). The van der Waals surface area contributed by atoms with E-state index < -0.39 is 6.29 Å². The quantitative estimate of drug-likeness (QED) is 0.542. The van der Waals surface area contributed by atoms with Gasteiger partial charge in [0.15, 0.2) is 0 Å². The zero-order valence-electron chi connectivity index (χ0n) is 7.65. The zero-order valence-corrected chi connectivity index (χ0v) is 7.65. The van der Waals surface area contributed by atoms with Crippen LogP contribution in [0.5, 0.6) is 0 Å². The molecule has 5 heteroatoms. The van der Waals surface area contributed by atoms with Gasteiger partial charge in [-0.25, -0.2) is 0 Å². The Bertz CT molecular complexity index is 149. The standard InChI is InChI=1S/C8H14O5/c1-7(9)13-8-6-11-3-2-10-4-5-12-8/h8H,2-6H2,1H3. The maximum atomic E-state index is 10.6. The van der Waals surface area contributed by atoms with Crippen molar-refractivity contribution in [1.82, 2.24) is 0 Å². The van der Waals surface area contributed by atoms with E-state index in [1.165, 1.54) is 6.92 Å². The Hall–Kier alpha value is -0.650. The highest BCUT2D eigenvalue weighted by Crippen LogP contribution is 1.99. The molecule has 1 saturated heterocycles. The summed E-state index contributed by atoms with van der Waals surface area (Å²) < 4.78 is 20.3. The molecular weight excluding hydrogens is 176 g/mol. The average molecular weight is 190 g/mol. The SMILES string of the molecule is CC(=O)OC1COCCOCCO1. The fourth-order valence-electron chi connectivity index (χ4n) is 0.939. The van der Waals surface area contributed by atoms with Crippen LogP contribution in [-0.4, -0.2) is 45.3 Å². The van der Waals surface area contributed by atoms with E-state index in [0.717, 1.165) is 0 Å². The van der Waals surface area contributed by atoms with E-state index in [2.05, 4.69) is 0 Å². The largest absolute Gasteiger partial charge is 0.433 e. The number of carbonyl (C=O) groups excluding carboxylic acids is 1. The van der Waals surface area contributed by atoms with Crippen LogP contribution in [0.2, 0.25) is 0 Å². The summed E-state index contributed by atoms with van der Waals surface area (Å²) in [6.07, 6.45) is -0.598. The summed E-state index contributed by atoms with van der Waals surface area (Å²) in [6.45, 7) is 3.58. The molecule has 0 bridgehead atoms. The van der Waals surface area contributed by atoms with Crippen LogP contribution in [0.3, 0.4) is 0 Å². The molecule has 0 amide bonds. The Morgan fingerprint density at radius 2 is 1.92 bits per heavy atom. The summed E-state index contributed by atoms with van der Waals surface area (Å²) in [7, 11) is 0. The molecule has 0 aromatic carbocycles. The van der Waals surface area contributed by atoms with Gasteiger partial charge in [-0.2, -0.15) is 0 Å². The molecule has 76 valence electrons. The highest BCUT2D eigenvalue weighted by Gasteiger charge is 2.13. The van der Waals surface area contributed by atoms with Crippen LogP contribution in [0, 0.1) is 0 Å². The normalized spacial score (nSPS) is 25.5. The molecule has 0 radical (unpaired) electrons. The van der Waals surface area contributed by atoms with E-state index >= 15 is 0 Å². The summed E-state index contributed by atoms with van der Waals surface area (Å²) >= 11 is 0. The van der Waals surface area contributed by atoms with Crippen molar-refractivity contribution in [2.24, 2.45) is 0 Å². The average Bonchev–Trinajstić information content (AvgIpc) is 2.17. The fraction of sp³-hybridized carbons (Fsp3) is 0.875. The first-order chi connectivity index (χ1) is 6.29. The monoisotopic (exact) mass is 190 g/mol. The van der Waals surface area contributed by atoms with E-state index in [1.807, 2.05) is 0 Å². The van der Waals surface area contributed by atoms with Crippen LogP contribution in [-0.2, 0) is 23.7 Å². The van der Waals surface area contributed by atoms with Gasteiger partial charge in [0, 0.05) is 6.92 Å². The number of rotatable bonds is 1. The van der Waals surface area contributed by atoms with E-state index in [1.54, 1.807) is 0 Å². The molecule has 0 aliphatic carbocycles. The Balaban J connectivity index is 2.27. The van der Waals surface area contributed by atoms with Crippen molar-refractivity contribution >= 4 is 5.97 Å². The fourth-order valence-corrected chi connectivity index (χ4v) is 0.939. The second kappa shape index (κ2) is 5.90. The Labute approximate surface area is 76.9 Å². The van der Waals surface area contributed by atoms with Gasteiger partial charge in [0.2, 0.25) is 6.29 Å². The minimum absolute atomic E-state index is 0.267. The molecule has 1 aliphatic rings. The predicted octanol–water partition coefficient (Wildman–Crippen LogP) is -0.0610. The van der Waals surface area contributed by atoms with Gasteiger partial charge in [0.25, 0.3) is 0 Å². The summed E-state index contributed by atoms with van der Waals surface area (Å²) in [5.41, 5.74) is 0. The smallest absolute Gasteiger partial charge is 0.305 e. The lowest BCUT2D eigenvalue weighted by atomic mass is 10.6. The summed E-state index contributed by atoms with van der Waals surface area (Å²) in [6, 6.07) is 0. The zero-order chi connectivity index (χ0) is 9.52. The van der Waals surface area contributed by atoms with Gasteiger partial charge in [0.05, 0.1) is 26.4 Å². The Kier molecular flexibility index (Phi) is 4.74. The lowest BCUT2D eigenvalue weighted by molar-refractivity contribution is -0.187. The predicted molar refractivity (Wildman–Crippen MR) is 43.1 cm³/mol. The summed E-state index contributed by atoms with van der Waals surface area (Å²) in [5.74, 6) is -0.367. The van der Waals surface area contributed by atoms with E-state index in [-0.39, 0.29) is 12.6 Å². The highest BCUT2D eigenvalue weighted by molar-refractivity contribution is 5.66. The van der Waals surface area contributed by atoms with Crippen molar-refractivity contribution in [3.05, 3.63) is 0 Å². The van der Waals surface area contributed by atoms with Crippen LogP contribution < -0.4 is 0 Å². The number of ether oxygens (including phenoxy) is 4. The van der Waals surface area contributed by atoms with Crippen molar-refractivity contribution in [2.75, 3.05) is 33.0 Å². The lowest BCUT2D eigenvalue weighted by Crippen LogP contribution is -2.26. The molecule has 0 spiro atoms. The second-order valence-electron chi connectivity index (χ2n) is 2.60. The van der Waals surface area contributed by atoms with Crippen LogP contribution in [0.4, 0.5) is 0 Å². The summed E-state index contributed by atoms with van der Waals surface area (Å²) in [4.78, 5) is 10.6. The topological polar surface area (TPSA) is 54.0 Å². The summed E-state index contributed by atoms with van der Waals surface area (Å²) in [5, 5.41) is 0. The third-order valence-corrected chi connectivity index (χ3v) is 1.45. The first kappa shape index (κ1) is 10.4. The number of hydrogen-bond acceptors (Lipinski definition) is 5. The van der Waals surface area contributed by atoms with E-state index in [0.29, 0.717) is 26.4 Å². The minimum atomic E-state index is -0.598. The van der Waals surface area contributed by atoms with Crippen LogP contribution >= 0.6 is 0 Å². The molecular formula is C8H14O5. The molecule has 0 saturated carbocycles. The van der Waals surface area contributed by atoms with Gasteiger partial charge >= 0.3 is 5.97 Å². The van der Waals surface area contributed by atoms with Crippen LogP contribution in [0.25, 0.3) is 0 Å². The highest BCUT2D eigenvalue weighted by atomic mass is 16.7. The number of hydrogen-bond donors (Lipinski definition) is 0. The van der Waals surface area contributed by atoms with Gasteiger partial charge < -0.3 is 18.9 Å². The molecule has 13 heavy (non-hydrogen) atoms. The maximum absolute atomic E-state index is 10.6. The maximum Gasteiger partial charge on any atom is 0.305 e. The minimum Gasteiger partial charge on any atom is -0.433 e. The molecule has 1 atom stereocenters. The van der Waals surface area contributed by atoms with Crippen molar-refractivity contribution < 1.29 is 23.7 Å². The second-order valence-corrected chi connectivity index (χ2v) is 2.60. The van der Waals surface area contributed by atoms with Gasteiger partial charge in [-0.1, -0.05) is 0 Å². The third-order valence-electron chi connectivity index (χ3n) is 1.45. The van der Waals surface area contributed by atoms with Gasteiger partial charge in [-0.3, -0.25) is 4.79 Å². The van der Waals surface area contributed by atoms with Gasteiger partial charge in [0.1, 0.15) is 6.61 Å². The molecule has 0 aromatic heterocycles. The third kappa shape index (κ3) is 4.82. The first-order valence-electron chi connectivity index (χ1n) is 4.23. The van der Waals surface area contributed by atoms with Gasteiger partial charge in [-0.15, -0.1) is 0 Å². The van der Waals surface area contributed by atoms with Gasteiger partial charge in [-0.05, 0) is 0 Å². The molecule has 1 heterocycles. The number of carbonyl (C=O) groups is 1. The van der Waals surface area contributed by atoms with Crippen molar-refractivity contribution in [3.8, 4) is 0 Å². The van der Waals surface area contributed by atoms with Crippen molar-refractivity contribution in [1.29, 1.82) is 0 Å². The molecule has 5 nitrogen and oxygen atoms in total. The van der Waals surface area contributed by atoms with Crippen LogP contribution in [0.1, 0.15) is 6.92 Å². The number of esters is 1. The van der Waals surface area contributed by atoms with Crippen molar-refractivity contribution in [2.45, 2.75) is 13.2 Å². The molecule has 1 unspecified atom stereocenters. The first-order valence-corrected chi connectivity index (χ1v) is 4.23.